The Kier molecular flexibility index (Phi) is 5.59. The van der Waals surface area contributed by atoms with Crippen LogP contribution in [0.3, 0.4) is 0 Å². The number of sulfonamides is 1. The van der Waals surface area contributed by atoms with Crippen molar-refractivity contribution < 1.29 is 47.6 Å². The molecule has 2 aromatic carbocycles. The number of amides is 1. The number of carbonyl (C=O) groups excluding carboxylic acids is 1. The number of aliphatic hydroxyl groups is 1. The summed E-state index contributed by atoms with van der Waals surface area (Å²) < 4.78 is 133. The second-order valence-corrected chi connectivity index (χ2v) is 10.7. The fraction of sp³-hybridized carbons (Fsp3) is 0.519. The van der Waals surface area contributed by atoms with Gasteiger partial charge < -0.3 is 30.4 Å². The summed E-state index contributed by atoms with van der Waals surface area (Å²) in [6.07, 6.45) is -5.48. The van der Waals surface area contributed by atoms with Gasteiger partial charge in [-0.15, -0.1) is 0 Å². The summed E-state index contributed by atoms with van der Waals surface area (Å²) in [5.41, 5.74) is 6.28. The highest BCUT2D eigenvalue weighted by molar-refractivity contribution is 7.89. The number of hydrogen-bond donors (Lipinski definition) is 3. The first-order valence-electron chi connectivity index (χ1n) is 17.3. The van der Waals surface area contributed by atoms with E-state index in [2.05, 4.69) is 5.32 Å². The lowest BCUT2D eigenvalue weighted by atomic mass is 10.0. The van der Waals surface area contributed by atoms with Crippen LogP contribution in [0, 0.1) is 11.8 Å². The quantitative estimate of drug-likeness (QED) is 0.357. The Labute approximate surface area is 239 Å². The van der Waals surface area contributed by atoms with Crippen LogP contribution in [-0.2, 0) is 30.7 Å². The molecule has 0 saturated carbocycles. The van der Waals surface area contributed by atoms with Gasteiger partial charge in [0.05, 0.1) is 38.9 Å². The second-order valence-electron chi connectivity index (χ2n) is 8.88. The fourth-order valence-electron chi connectivity index (χ4n) is 4.18. The lowest BCUT2D eigenvalue weighted by Crippen LogP contribution is -2.51. The Morgan fingerprint density at radius 2 is 2.03 bits per heavy atom. The highest BCUT2D eigenvalue weighted by Gasteiger charge is 2.44. The standard InChI is InChI=1S/C27H37N3O7S/c1-18(2)15-30(38(33,34)21-10-8-20(28)9-11-21)16-24(31)23(14-19-6-4-3-5-7-19)29-27(32)37-25-17-36-26-22(25)12-13-35-26/h3-11,18,22-26,31H,12-17,28H2,1-2H3,(H,29,32)/t22-,23-,24+,25-,26+/m0/s1/i1D3,2D3,13D2,15D2,18D. The minimum absolute atomic E-state index is 0.110. The molecule has 2 aromatic rings. The van der Waals surface area contributed by atoms with Gasteiger partial charge in [-0.1, -0.05) is 44.0 Å². The van der Waals surface area contributed by atoms with Gasteiger partial charge in [-0.05, 0) is 48.6 Å². The maximum absolute atomic E-state index is 14.0. The number of rotatable bonds is 11. The van der Waals surface area contributed by atoms with Crippen LogP contribution in [0.25, 0.3) is 0 Å². The van der Waals surface area contributed by atoms with E-state index >= 15 is 0 Å². The Balaban J connectivity index is 1.72. The number of carbonyl (C=O) groups is 1. The normalized spacial score (nSPS) is 29.7. The van der Waals surface area contributed by atoms with E-state index in [0.29, 0.717) is 5.56 Å². The number of alkyl carbamates (subject to hydrolysis) is 1. The molecule has 0 aliphatic carbocycles. The predicted molar refractivity (Wildman–Crippen MR) is 142 cm³/mol. The van der Waals surface area contributed by atoms with Gasteiger partial charge in [0.1, 0.15) is 6.10 Å². The number of benzene rings is 2. The average molecular weight is 559 g/mol. The molecule has 2 fully saturated rings. The van der Waals surface area contributed by atoms with E-state index < -0.39 is 90.7 Å². The van der Waals surface area contributed by atoms with E-state index in [9.17, 15) is 18.3 Å². The third-order valence-corrected chi connectivity index (χ3v) is 7.84. The zero-order valence-corrected chi connectivity index (χ0v) is 21.1. The molecule has 2 heterocycles. The van der Waals surface area contributed by atoms with E-state index in [1.165, 1.54) is 0 Å². The van der Waals surface area contributed by atoms with Crippen molar-refractivity contribution in [3.05, 3.63) is 60.2 Å². The number of aliphatic hydroxyl groups excluding tert-OH is 1. The maximum Gasteiger partial charge on any atom is 0.407 e. The number of nitrogens with zero attached hydrogens (tertiary/aromatic N) is 1. The molecule has 5 atom stereocenters. The number of anilines is 1. The molecule has 38 heavy (non-hydrogen) atoms. The molecule has 4 N–H and O–H groups in total. The topological polar surface area (TPSA) is 140 Å². The highest BCUT2D eigenvalue weighted by atomic mass is 32.2. The van der Waals surface area contributed by atoms with Gasteiger partial charge in [-0.3, -0.25) is 0 Å². The Hall–Kier alpha value is -2.70. The van der Waals surface area contributed by atoms with E-state index in [-0.39, 0.29) is 29.4 Å². The third kappa shape index (κ3) is 7.03. The molecule has 0 aromatic heterocycles. The van der Waals surface area contributed by atoms with Crippen LogP contribution >= 0.6 is 0 Å². The molecule has 11 heteroatoms. The van der Waals surface area contributed by atoms with Crippen molar-refractivity contribution in [2.75, 3.05) is 31.9 Å². The number of hydrogen-bond acceptors (Lipinski definition) is 8. The van der Waals surface area contributed by atoms with Gasteiger partial charge in [-0.25, -0.2) is 13.2 Å². The monoisotopic (exact) mass is 558 g/mol. The number of fused-ring (bicyclic) bond motifs is 1. The number of nitrogens with one attached hydrogen (secondary N) is 1. The van der Waals surface area contributed by atoms with E-state index in [4.69, 9.17) is 35.0 Å². The lowest BCUT2D eigenvalue weighted by Gasteiger charge is -2.31. The van der Waals surface area contributed by atoms with Crippen LogP contribution < -0.4 is 11.1 Å². The van der Waals surface area contributed by atoms with E-state index in [1.807, 2.05) is 0 Å². The molecule has 10 nitrogen and oxygen atoms in total. The van der Waals surface area contributed by atoms with Gasteiger partial charge in [0.2, 0.25) is 10.0 Å². The minimum atomic E-state index is -5.24. The zero-order valence-electron chi connectivity index (χ0n) is 31.2. The number of nitrogen functional groups attached to an aromatic ring is 1. The van der Waals surface area contributed by atoms with Gasteiger partial charge in [0, 0.05) is 31.1 Å². The third-order valence-electron chi connectivity index (χ3n) is 6.15. The summed E-state index contributed by atoms with van der Waals surface area (Å²) in [5, 5.41) is 14.0. The predicted octanol–water partition coefficient (Wildman–Crippen LogP) is 2.38. The largest absolute Gasteiger partial charge is 0.443 e. The lowest BCUT2D eigenvalue weighted by molar-refractivity contribution is -0.0907. The molecule has 208 valence electrons. The Morgan fingerprint density at radius 1 is 1.29 bits per heavy atom. The van der Waals surface area contributed by atoms with Crippen LogP contribution in [0.15, 0.2) is 59.5 Å². The summed E-state index contributed by atoms with van der Waals surface area (Å²) in [6, 6.07) is 10.9. The summed E-state index contributed by atoms with van der Waals surface area (Å²) in [5.74, 6) is -4.74. The molecule has 0 spiro atoms. The Morgan fingerprint density at radius 3 is 2.74 bits per heavy atom. The average Bonchev–Trinajstić information content (AvgIpc) is 3.49. The van der Waals surface area contributed by atoms with Gasteiger partial charge in [0.25, 0.3) is 0 Å². The van der Waals surface area contributed by atoms with Crippen LogP contribution in [-0.4, -0.2) is 74.7 Å². The molecule has 2 aliphatic rings. The first kappa shape index (κ1) is 17.1. The Bertz CT molecular complexity index is 1570. The second kappa shape index (κ2) is 12.4. The molecule has 4 rings (SSSR count). The van der Waals surface area contributed by atoms with Gasteiger partial charge >= 0.3 is 6.09 Å². The van der Waals surface area contributed by atoms with Crippen molar-refractivity contribution in [1.29, 1.82) is 0 Å². The molecule has 2 saturated heterocycles. The van der Waals surface area contributed by atoms with Crippen LogP contribution in [0.1, 0.15) is 40.8 Å². The molecular formula is C27H37N3O7S. The van der Waals surface area contributed by atoms with Crippen molar-refractivity contribution in [2.24, 2.45) is 11.8 Å². The minimum Gasteiger partial charge on any atom is -0.443 e. The summed E-state index contributed by atoms with van der Waals surface area (Å²) in [7, 11) is -5.24. The summed E-state index contributed by atoms with van der Waals surface area (Å²) >= 11 is 0. The van der Waals surface area contributed by atoms with Crippen LogP contribution in [0.5, 0.6) is 0 Å². The molecule has 0 bridgehead atoms. The van der Waals surface area contributed by atoms with Crippen molar-refractivity contribution in [1.82, 2.24) is 9.62 Å². The summed E-state index contributed by atoms with van der Waals surface area (Å²) in [4.78, 5) is 12.5. The highest BCUT2D eigenvalue weighted by Crippen LogP contribution is 2.33. The first-order chi connectivity index (χ1) is 22.4. The molecular weight excluding hydrogens is 510 g/mol. The number of ether oxygens (including phenoxy) is 3. The molecule has 0 unspecified atom stereocenters. The first-order valence-corrected chi connectivity index (χ1v) is 13.2. The fourth-order valence-corrected chi connectivity index (χ4v) is 5.47. The number of nitrogens with two attached hydrogens (primary N) is 1. The smallest absolute Gasteiger partial charge is 0.407 e. The molecule has 2 aliphatic heterocycles. The SMILES string of the molecule is [2H]C1([2H])C[C@@H]2[C@@H](OC[C@@H]2OC(=O)N[C@@H](Cc2ccccc2)[C@H](O)CN(C([2H])([2H])C([2H])(C([2H])([2H])[2H])C([2H])([2H])[2H])S(=O)(=O)c2ccc(N)cc2)O1. The van der Waals surface area contributed by atoms with E-state index in [0.717, 1.165) is 24.3 Å². The van der Waals surface area contributed by atoms with Crippen molar-refractivity contribution >= 4 is 21.8 Å². The van der Waals surface area contributed by atoms with Crippen molar-refractivity contribution in [2.45, 2.75) is 56.0 Å². The van der Waals surface area contributed by atoms with Gasteiger partial charge in [-0.2, -0.15) is 4.31 Å². The maximum atomic E-state index is 14.0. The zero-order chi connectivity index (χ0) is 36.8. The van der Waals surface area contributed by atoms with Crippen LogP contribution in [0.4, 0.5) is 10.5 Å². The van der Waals surface area contributed by atoms with Gasteiger partial charge in [0.15, 0.2) is 6.29 Å². The summed E-state index contributed by atoms with van der Waals surface area (Å²) in [6.45, 7) is -15.4. The molecule has 1 amide bonds. The van der Waals surface area contributed by atoms with Crippen molar-refractivity contribution in [3.63, 3.8) is 0 Å². The van der Waals surface area contributed by atoms with Crippen LogP contribution in [0.2, 0.25) is 0 Å². The van der Waals surface area contributed by atoms with Crippen molar-refractivity contribution in [3.8, 4) is 0 Å². The van der Waals surface area contributed by atoms with E-state index in [1.54, 1.807) is 30.3 Å². The molecule has 0 radical (unpaired) electrons.